The molecule has 4 heteroatoms. The van der Waals surface area contributed by atoms with Gasteiger partial charge in [0.2, 0.25) is 0 Å². The van der Waals surface area contributed by atoms with Crippen LogP contribution in [0.1, 0.15) is 24.8 Å². The summed E-state index contributed by atoms with van der Waals surface area (Å²) in [5.41, 5.74) is 1.11. The fourth-order valence-electron chi connectivity index (χ4n) is 1.79. The average molecular weight is 229 g/mol. The molecule has 88 valence electrons. The first-order valence-corrected chi connectivity index (χ1v) is 5.45. The Bertz CT molecular complexity index is 356. The number of anilines is 1. The van der Waals surface area contributed by atoms with Crippen LogP contribution in [-0.4, -0.2) is 12.2 Å². The fourth-order valence-corrected chi connectivity index (χ4v) is 1.79. The van der Waals surface area contributed by atoms with Crippen LogP contribution in [0.25, 0.3) is 0 Å². The topological polar surface area (TPSA) is 12.0 Å². The Labute approximate surface area is 92.7 Å². The molecular formula is C12H14F3N. The Balaban J connectivity index is 2.00. The van der Waals surface area contributed by atoms with E-state index < -0.39 is 12.6 Å². The van der Waals surface area contributed by atoms with Crippen molar-refractivity contribution in [1.82, 2.24) is 0 Å². The third-order valence-corrected chi connectivity index (χ3v) is 2.81. The lowest BCUT2D eigenvalue weighted by molar-refractivity contribution is -0.127. The van der Waals surface area contributed by atoms with E-state index in [9.17, 15) is 13.2 Å². The summed E-state index contributed by atoms with van der Waals surface area (Å²) in [6, 6.07) is 7.03. The van der Waals surface area contributed by atoms with Crippen LogP contribution in [0.2, 0.25) is 0 Å². The van der Waals surface area contributed by atoms with Gasteiger partial charge in [-0.25, -0.2) is 0 Å². The molecule has 1 nitrogen and oxygen atoms in total. The monoisotopic (exact) mass is 229 g/mol. The van der Waals surface area contributed by atoms with Crippen LogP contribution in [0, 0.1) is 0 Å². The highest BCUT2D eigenvalue weighted by Crippen LogP contribution is 2.26. The number of halogens is 3. The third kappa shape index (κ3) is 3.15. The molecule has 1 aliphatic rings. The van der Waals surface area contributed by atoms with Crippen molar-refractivity contribution in [3.05, 3.63) is 29.8 Å². The Kier molecular flexibility index (Phi) is 3.08. The van der Waals surface area contributed by atoms with Gasteiger partial charge in [-0.1, -0.05) is 12.1 Å². The number of hydrogen-bond donors (Lipinski definition) is 1. The molecule has 0 aliphatic heterocycles. The van der Waals surface area contributed by atoms with E-state index >= 15 is 0 Å². The molecule has 16 heavy (non-hydrogen) atoms. The minimum atomic E-state index is -4.13. The first-order chi connectivity index (χ1) is 7.53. The number of hydrogen-bond acceptors (Lipinski definition) is 1. The second-order valence-corrected chi connectivity index (χ2v) is 4.26. The Morgan fingerprint density at radius 2 is 2.00 bits per heavy atom. The maximum atomic E-state index is 12.2. The number of benzene rings is 1. The molecular weight excluding hydrogens is 215 g/mol. The van der Waals surface area contributed by atoms with E-state index in [-0.39, 0.29) is 0 Å². The van der Waals surface area contributed by atoms with Gasteiger partial charge in [0.05, 0.1) is 6.42 Å². The third-order valence-electron chi connectivity index (χ3n) is 2.81. The van der Waals surface area contributed by atoms with Crippen LogP contribution in [0.15, 0.2) is 24.3 Å². The van der Waals surface area contributed by atoms with Crippen LogP contribution < -0.4 is 5.32 Å². The molecule has 0 heterocycles. The van der Waals surface area contributed by atoms with Gasteiger partial charge in [0.25, 0.3) is 0 Å². The lowest BCUT2D eigenvalue weighted by Crippen LogP contribution is -2.27. The zero-order chi connectivity index (χ0) is 11.6. The highest BCUT2D eigenvalue weighted by Gasteiger charge is 2.27. The van der Waals surface area contributed by atoms with Crippen molar-refractivity contribution in [2.24, 2.45) is 0 Å². The van der Waals surface area contributed by atoms with E-state index in [1.807, 2.05) is 6.07 Å². The van der Waals surface area contributed by atoms with Crippen molar-refractivity contribution in [2.75, 3.05) is 5.32 Å². The molecule has 0 amide bonds. The largest absolute Gasteiger partial charge is 0.393 e. The van der Waals surface area contributed by atoms with Crippen molar-refractivity contribution in [3.63, 3.8) is 0 Å². The molecule has 1 N–H and O–H groups in total. The Morgan fingerprint density at radius 1 is 1.25 bits per heavy atom. The Morgan fingerprint density at radius 3 is 2.56 bits per heavy atom. The SMILES string of the molecule is FC(F)(F)Cc1cccc(NC2CCC2)c1. The normalized spacial score (nSPS) is 16.9. The quantitative estimate of drug-likeness (QED) is 0.832. The standard InChI is InChI=1S/C12H14F3N/c13-12(14,15)8-9-3-1-6-11(7-9)16-10-4-2-5-10/h1,3,6-7,10,16H,2,4-5,8H2. The molecule has 2 rings (SSSR count). The summed E-state index contributed by atoms with van der Waals surface area (Å²) < 4.78 is 36.6. The fraction of sp³-hybridized carbons (Fsp3) is 0.500. The molecule has 0 radical (unpaired) electrons. The molecule has 1 fully saturated rings. The molecule has 1 aromatic carbocycles. The summed E-state index contributed by atoms with van der Waals surface area (Å²) >= 11 is 0. The smallest absolute Gasteiger partial charge is 0.382 e. The second-order valence-electron chi connectivity index (χ2n) is 4.26. The lowest BCUT2D eigenvalue weighted by atomic mass is 9.93. The van der Waals surface area contributed by atoms with Gasteiger partial charge in [-0.15, -0.1) is 0 Å². The minimum absolute atomic E-state index is 0.317. The summed E-state index contributed by atoms with van der Waals surface area (Å²) in [7, 11) is 0. The predicted molar refractivity (Wildman–Crippen MR) is 57.5 cm³/mol. The minimum Gasteiger partial charge on any atom is -0.382 e. The van der Waals surface area contributed by atoms with E-state index in [0.717, 1.165) is 18.5 Å². The van der Waals surface area contributed by atoms with Gasteiger partial charge in [-0.05, 0) is 37.0 Å². The molecule has 0 saturated heterocycles. The number of alkyl halides is 3. The molecule has 0 spiro atoms. The highest BCUT2D eigenvalue weighted by molar-refractivity contribution is 5.47. The number of rotatable bonds is 3. The Hall–Kier alpha value is -1.19. The zero-order valence-corrected chi connectivity index (χ0v) is 8.85. The van der Waals surface area contributed by atoms with Gasteiger partial charge < -0.3 is 5.32 Å². The van der Waals surface area contributed by atoms with Crippen LogP contribution in [-0.2, 0) is 6.42 Å². The number of nitrogens with one attached hydrogen (secondary N) is 1. The molecule has 0 unspecified atom stereocenters. The van der Waals surface area contributed by atoms with Gasteiger partial charge in [-0.3, -0.25) is 0 Å². The van der Waals surface area contributed by atoms with Gasteiger partial charge in [0, 0.05) is 11.7 Å². The van der Waals surface area contributed by atoms with E-state index in [1.54, 1.807) is 12.1 Å². The second kappa shape index (κ2) is 4.36. The van der Waals surface area contributed by atoms with Crippen molar-refractivity contribution < 1.29 is 13.2 Å². The maximum absolute atomic E-state index is 12.2. The predicted octanol–water partition coefficient (Wildman–Crippen LogP) is 3.76. The van der Waals surface area contributed by atoms with Crippen LogP contribution in [0.5, 0.6) is 0 Å². The van der Waals surface area contributed by atoms with E-state index in [1.165, 1.54) is 12.5 Å². The van der Waals surface area contributed by atoms with Gasteiger partial charge in [0.15, 0.2) is 0 Å². The molecule has 0 bridgehead atoms. The molecule has 1 aromatic rings. The first kappa shape index (κ1) is 11.3. The van der Waals surface area contributed by atoms with Crippen molar-refractivity contribution in [3.8, 4) is 0 Å². The van der Waals surface area contributed by atoms with Crippen LogP contribution in [0.4, 0.5) is 18.9 Å². The zero-order valence-electron chi connectivity index (χ0n) is 8.85. The lowest BCUT2D eigenvalue weighted by Gasteiger charge is -2.27. The van der Waals surface area contributed by atoms with E-state index in [0.29, 0.717) is 11.6 Å². The van der Waals surface area contributed by atoms with Gasteiger partial charge in [-0.2, -0.15) is 13.2 Å². The summed E-state index contributed by atoms with van der Waals surface area (Å²) in [4.78, 5) is 0. The van der Waals surface area contributed by atoms with Crippen molar-refractivity contribution >= 4 is 5.69 Å². The molecule has 1 saturated carbocycles. The van der Waals surface area contributed by atoms with E-state index in [2.05, 4.69) is 5.32 Å². The van der Waals surface area contributed by atoms with Crippen molar-refractivity contribution in [2.45, 2.75) is 37.9 Å². The molecule has 1 aliphatic carbocycles. The van der Waals surface area contributed by atoms with Crippen molar-refractivity contribution in [1.29, 1.82) is 0 Å². The summed E-state index contributed by atoms with van der Waals surface area (Å²) in [6.45, 7) is 0. The molecule has 0 aromatic heterocycles. The van der Waals surface area contributed by atoms with Crippen LogP contribution >= 0.6 is 0 Å². The first-order valence-electron chi connectivity index (χ1n) is 5.45. The van der Waals surface area contributed by atoms with Gasteiger partial charge in [0.1, 0.15) is 0 Å². The highest BCUT2D eigenvalue weighted by atomic mass is 19.4. The van der Waals surface area contributed by atoms with Crippen LogP contribution in [0.3, 0.4) is 0 Å². The summed E-state index contributed by atoms with van der Waals surface area (Å²) in [5.74, 6) is 0. The maximum Gasteiger partial charge on any atom is 0.393 e. The average Bonchev–Trinajstić information content (AvgIpc) is 2.09. The summed E-state index contributed by atoms with van der Waals surface area (Å²) in [5, 5.41) is 3.24. The van der Waals surface area contributed by atoms with Gasteiger partial charge >= 0.3 is 6.18 Å². The molecule has 0 atom stereocenters. The van der Waals surface area contributed by atoms with E-state index in [4.69, 9.17) is 0 Å². The summed E-state index contributed by atoms with van der Waals surface area (Å²) in [6.07, 6.45) is -1.55.